The van der Waals surface area contributed by atoms with E-state index in [1.165, 1.54) is 11.0 Å². The molecule has 1 aliphatic carbocycles. The van der Waals surface area contributed by atoms with Gasteiger partial charge in [-0.25, -0.2) is 14.6 Å². The maximum absolute atomic E-state index is 14.9. The van der Waals surface area contributed by atoms with E-state index in [9.17, 15) is 29.1 Å². The number of nitrogens with zero attached hydrogens (tertiary/aromatic N) is 3. The van der Waals surface area contributed by atoms with Crippen molar-refractivity contribution in [1.82, 2.24) is 25.4 Å². The molecule has 3 N–H and O–H groups in total. The number of hydrogen-bond donors (Lipinski definition) is 3. The molecule has 3 aliphatic rings. The molecule has 14 nitrogen and oxygen atoms in total. The van der Waals surface area contributed by atoms with Crippen molar-refractivity contribution in [3.05, 3.63) is 67.3 Å². The Morgan fingerprint density at radius 3 is 2.32 bits per heavy atom. The highest BCUT2D eigenvalue weighted by Crippen LogP contribution is 2.45. The van der Waals surface area contributed by atoms with Gasteiger partial charge in [-0.05, 0) is 63.5 Å². The number of carbonyl (C=O) groups is 5. The Bertz CT molecular complexity index is 2100. The first-order valence-corrected chi connectivity index (χ1v) is 20.8. The van der Waals surface area contributed by atoms with Crippen LogP contribution in [0.2, 0.25) is 0 Å². The van der Waals surface area contributed by atoms with Crippen LogP contribution in [0.5, 0.6) is 11.5 Å². The number of ether oxygens (including phenoxy) is 3. The van der Waals surface area contributed by atoms with Crippen molar-refractivity contribution in [2.75, 3.05) is 33.3 Å². The van der Waals surface area contributed by atoms with Crippen LogP contribution in [-0.2, 0) is 23.9 Å². The van der Waals surface area contributed by atoms with Gasteiger partial charge in [-0.3, -0.25) is 14.4 Å². The van der Waals surface area contributed by atoms with Crippen molar-refractivity contribution < 1.29 is 43.3 Å². The van der Waals surface area contributed by atoms with Gasteiger partial charge in [0, 0.05) is 61.5 Å². The fourth-order valence-corrected chi connectivity index (χ4v) is 8.23. The summed E-state index contributed by atoms with van der Waals surface area (Å²) in [6.07, 6.45) is 1.95. The number of alkyl carbamates (subject to hydrolysis) is 1. The fourth-order valence-electron chi connectivity index (χ4n) is 8.23. The Balaban J connectivity index is 1.23. The molecule has 2 unspecified atom stereocenters. The minimum atomic E-state index is -1.51. The number of fused-ring (bicyclic) bond motifs is 1. The molecule has 1 saturated carbocycles. The third-order valence-corrected chi connectivity index (χ3v) is 11.8. The summed E-state index contributed by atoms with van der Waals surface area (Å²) in [5.74, 6) is -2.28. The first-order valence-electron chi connectivity index (χ1n) is 20.8. The molecule has 6 rings (SSSR count). The first kappa shape index (κ1) is 43.9. The van der Waals surface area contributed by atoms with Crippen LogP contribution in [0, 0.1) is 23.2 Å². The number of rotatable bonds is 13. The average Bonchev–Trinajstić information content (AvgIpc) is 3.77. The van der Waals surface area contributed by atoms with Crippen molar-refractivity contribution in [2.45, 2.75) is 96.9 Å². The van der Waals surface area contributed by atoms with E-state index >= 15 is 0 Å². The molecule has 60 heavy (non-hydrogen) atoms. The second-order valence-electron chi connectivity index (χ2n) is 18.4. The SMILES string of the molecule is C=CC1CC1(NC(=O)[C@@H]1C[C@@H](Oc2cc(-c3ccccc3)nc3cc(OC)ccc23)CN1C(=O)[C@@H](CC(=O)N1CCC(CNC(=O)OC(C)(C)C)CC1)C(C)(C)C)C(=O)O. The Hall–Kier alpha value is -5.66. The number of aromatic nitrogens is 1. The van der Waals surface area contributed by atoms with Gasteiger partial charge in [-0.1, -0.05) is 57.2 Å². The minimum Gasteiger partial charge on any atom is -0.497 e. The van der Waals surface area contributed by atoms with Gasteiger partial charge in [0.15, 0.2) is 0 Å². The van der Waals surface area contributed by atoms with Crippen LogP contribution in [0.15, 0.2) is 67.3 Å². The summed E-state index contributed by atoms with van der Waals surface area (Å²) in [5.41, 5.74) is -0.629. The Morgan fingerprint density at radius 2 is 1.72 bits per heavy atom. The van der Waals surface area contributed by atoms with E-state index in [-0.39, 0.29) is 43.5 Å². The number of methoxy groups -OCH3 is 1. The Kier molecular flexibility index (Phi) is 12.8. The molecule has 2 aliphatic heterocycles. The molecule has 3 fully saturated rings. The molecule has 3 heterocycles. The van der Waals surface area contributed by atoms with E-state index in [2.05, 4.69) is 17.2 Å². The van der Waals surface area contributed by atoms with E-state index in [1.807, 2.05) is 96.1 Å². The number of nitrogens with one attached hydrogen (secondary N) is 2. The topological polar surface area (TPSA) is 177 Å². The Morgan fingerprint density at radius 1 is 1.02 bits per heavy atom. The lowest BCUT2D eigenvalue weighted by atomic mass is 9.77. The van der Waals surface area contributed by atoms with Crippen LogP contribution in [0.1, 0.15) is 73.6 Å². The van der Waals surface area contributed by atoms with Gasteiger partial charge in [-0.2, -0.15) is 0 Å². The molecule has 4 amide bonds. The number of hydrogen-bond acceptors (Lipinski definition) is 9. The van der Waals surface area contributed by atoms with Crippen LogP contribution in [0.3, 0.4) is 0 Å². The quantitative estimate of drug-likeness (QED) is 0.168. The van der Waals surface area contributed by atoms with E-state index < -0.39 is 58.5 Å². The molecule has 3 aromatic rings. The predicted octanol–water partition coefficient (Wildman–Crippen LogP) is 6.22. The second kappa shape index (κ2) is 17.5. The lowest BCUT2D eigenvalue weighted by Gasteiger charge is -2.37. The molecule has 2 aromatic carbocycles. The van der Waals surface area contributed by atoms with Crippen molar-refractivity contribution in [2.24, 2.45) is 23.2 Å². The largest absolute Gasteiger partial charge is 0.497 e. The zero-order chi connectivity index (χ0) is 43.6. The number of carboxylic acids is 1. The number of benzene rings is 2. The lowest BCUT2D eigenvalue weighted by molar-refractivity contribution is -0.150. The average molecular weight is 826 g/mol. The maximum Gasteiger partial charge on any atom is 0.407 e. The standard InChI is InChI=1S/C46H59N5O9/c1-9-30-25-46(30,42(55)56)49-40(53)37-22-32(59-38-24-35(29-13-11-10-12-14-29)48-36-21-31(58-8)15-16-33(36)38)27-51(37)41(54)34(44(2,3)4)23-39(52)50-19-17-28(18-20-50)26-47-43(57)60-45(5,6)7/h9-16,21,24,28,30,32,34,37H,1,17-20,22-23,25-27H2,2-8H3,(H,47,57)(H,49,53)(H,55,56)/t30?,32-,34-,37+,46?/m1/s1. The molecule has 0 spiro atoms. The number of amides is 4. The van der Waals surface area contributed by atoms with Gasteiger partial charge in [0.05, 0.1) is 30.8 Å². The summed E-state index contributed by atoms with van der Waals surface area (Å²) >= 11 is 0. The predicted molar refractivity (Wildman–Crippen MR) is 226 cm³/mol. The molecule has 5 atom stereocenters. The zero-order valence-corrected chi connectivity index (χ0v) is 35.8. The summed E-state index contributed by atoms with van der Waals surface area (Å²) in [6, 6.07) is 15.9. The molecular formula is C46H59N5O9. The summed E-state index contributed by atoms with van der Waals surface area (Å²) in [7, 11) is 1.58. The third kappa shape index (κ3) is 10.0. The molecule has 1 aromatic heterocycles. The van der Waals surface area contributed by atoms with Crippen LogP contribution >= 0.6 is 0 Å². The molecule has 322 valence electrons. The van der Waals surface area contributed by atoms with Crippen LogP contribution in [-0.4, -0.2) is 106 Å². The van der Waals surface area contributed by atoms with Crippen LogP contribution in [0.4, 0.5) is 4.79 Å². The fraction of sp³-hybridized carbons (Fsp3) is 0.522. The number of pyridine rings is 1. The van der Waals surface area contributed by atoms with Crippen LogP contribution in [0.25, 0.3) is 22.2 Å². The van der Waals surface area contributed by atoms with Gasteiger partial charge in [-0.15, -0.1) is 6.58 Å². The molecule has 0 radical (unpaired) electrons. The number of likely N-dealkylation sites (tertiary alicyclic amines) is 2. The van der Waals surface area contributed by atoms with Crippen LogP contribution < -0.4 is 20.1 Å². The van der Waals surface area contributed by atoms with Gasteiger partial charge in [0.25, 0.3) is 0 Å². The van der Waals surface area contributed by atoms with Gasteiger partial charge >= 0.3 is 12.1 Å². The molecular weight excluding hydrogens is 767 g/mol. The summed E-state index contributed by atoms with van der Waals surface area (Å²) in [5, 5.41) is 16.5. The highest BCUT2D eigenvalue weighted by Gasteiger charge is 2.61. The molecule has 2 saturated heterocycles. The summed E-state index contributed by atoms with van der Waals surface area (Å²) in [6.45, 7) is 16.3. The highest BCUT2D eigenvalue weighted by molar-refractivity contribution is 5.96. The smallest absolute Gasteiger partial charge is 0.407 e. The molecule has 14 heteroatoms. The first-order chi connectivity index (χ1) is 28.3. The monoisotopic (exact) mass is 825 g/mol. The summed E-state index contributed by atoms with van der Waals surface area (Å²) in [4.78, 5) is 75.9. The van der Waals surface area contributed by atoms with Gasteiger partial charge in [0.2, 0.25) is 17.7 Å². The number of piperidine rings is 1. The van der Waals surface area contributed by atoms with Crippen molar-refractivity contribution in [3.8, 4) is 22.8 Å². The summed E-state index contributed by atoms with van der Waals surface area (Å²) < 4.78 is 17.6. The van der Waals surface area contributed by atoms with Gasteiger partial charge in [0.1, 0.15) is 34.8 Å². The number of aliphatic carboxylic acids is 1. The molecule has 0 bridgehead atoms. The van der Waals surface area contributed by atoms with Crippen molar-refractivity contribution in [1.29, 1.82) is 0 Å². The van der Waals surface area contributed by atoms with E-state index in [0.717, 1.165) is 5.56 Å². The Labute approximate surface area is 352 Å². The maximum atomic E-state index is 14.9. The zero-order valence-electron chi connectivity index (χ0n) is 35.8. The van der Waals surface area contributed by atoms with E-state index in [4.69, 9.17) is 19.2 Å². The minimum absolute atomic E-state index is 0.0271. The normalized spacial score (nSPS) is 22.4. The lowest BCUT2D eigenvalue weighted by Crippen LogP contribution is -2.55. The number of carbonyl (C=O) groups excluding carboxylic acids is 4. The highest BCUT2D eigenvalue weighted by atomic mass is 16.6. The third-order valence-electron chi connectivity index (χ3n) is 11.8. The van der Waals surface area contributed by atoms with Crippen molar-refractivity contribution >= 4 is 40.7 Å². The van der Waals surface area contributed by atoms with Gasteiger partial charge < -0.3 is 39.8 Å². The van der Waals surface area contributed by atoms with E-state index in [0.29, 0.717) is 60.6 Å². The number of carboxylic acid groups (broad SMARTS) is 1. The van der Waals surface area contributed by atoms with Crippen molar-refractivity contribution in [3.63, 3.8) is 0 Å². The second-order valence-corrected chi connectivity index (χ2v) is 18.4. The van der Waals surface area contributed by atoms with E-state index in [1.54, 1.807) is 12.0 Å².